The summed E-state index contributed by atoms with van der Waals surface area (Å²) in [7, 11) is 6.23. The van der Waals surface area contributed by atoms with Crippen LogP contribution in [0.4, 0.5) is 11.4 Å². The summed E-state index contributed by atoms with van der Waals surface area (Å²) in [5.74, 6) is 0.977. The Morgan fingerprint density at radius 3 is 2.00 bits per heavy atom. The Balaban J connectivity index is 0.000000165. The number of benzene rings is 4. The van der Waals surface area contributed by atoms with Crippen molar-refractivity contribution in [2.24, 2.45) is 0 Å². The molecule has 0 aromatic heterocycles. The molecule has 4 aromatic carbocycles. The van der Waals surface area contributed by atoms with Crippen molar-refractivity contribution in [3.8, 4) is 5.75 Å². The molecule has 0 amide bonds. The molecule has 0 fully saturated rings. The van der Waals surface area contributed by atoms with Crippen LogP contribution < -0.4 is 15.0 Å². The Morgan fingerprint density at radius 2 is 1.34 bits per heavy atom. The first-order chi connectivity index (χ1) is 20.2. The highest BCUT2D eigenvalue weighted by molar-refractivity contribution is 5.84. The van der Waals surface area contributed by atoms with Gasteiger partial charge in [0, 0.05) is 30.0 Å². The first-order valence-electron chi connectivity index (χ1n) is 14.9. The van der Waals surface area contributed by atoms with Gasteiger partial charge in [-0.25, -0.2) is 0 Å². The molecule has 0 saturated carbocycles. The van der Waals surface area contributed by atoms with Gasteiger partial charge in [-0.05, 0) is 99.4 Å². The van der Waals surface area contributed by atoms with Gasteiger partial charge in [0.2, 0.25) is 0 Å². The number of para-hydroxylation sites is 3. The lowest BCUT2D eigenvalue weighted by atomic mass is 9.93. The second-order valence-corrected chi connectivity index (χ2v) is 11.0. The lowest BCUT2D eigenvalue weighted by Gasteiger charge is -2.27. The van der Waals surface area contributed by atoms with Gasteiger partial charge in [0.15, 0.2) is 0 Å². The van der Waals surface area contributed by atoms with E-state index in [1.807, 2.05) is 13.1 Å². The number of aryl methyl sites for hydroxylation is 2. The molecule has 0 aliphatic carbocycles. The van der Waals surface area contributed by atoms with E-state index >= 15 is 0 Å². The van der Waals surface area contributed by atoms with Crippen LogP contribution in [-0.4, -0.2) is 45.7 Å². The summed E-state index contributed by atoms with van der Waals surface area (Å²) in [6.45, 7) is 3.81. The number of hydrogen-bond acceptors (Lipinski definition) is 4. The maximum absolute atomic E-state index is 5.98. The summed E-state index contributed by atoms with van der Waals surface area (Å²) in [4.78, 5) is 4.71. The molecule has 0 bridgehead atoms. The van der Waals surface area contributed by atoms with Crippen molar-refractivity contribution in [3.05, 3.63) is 131 Å². The quantitative estimate of drug-likeness (QED) is 0.244. The third-order valence-corrected chi connectivity index (χ3v) is 7.83. The third kappa shape index (κ3) is 7.08. The first-order valence-corrected chi connectivity index (χ1v) is 14.9. The summed E-state index contributed by atoms with van der Waals surface area (Å²) < 4.78 is 5.98. The van der Waals surface area contributed by atoms with Gasteiger partial charge in [-0.1, -0.05) is 84.9 Å². The Morgan fingerprint density at radius 1 is 0.756 bits per heavy atom. The molecule has 1 N–H and O–H groups in total. The summed E-state index contributed by atoms with van der Waals surface area (Å²) in [5, 5.41) is 3.24. The molecule has 0 radical (unpaired) electrons. The molecule has 2 aliphatic rings. The van der Waals surface area contributed by atoms with Crippen LogP contribution in [0.15, 0.2) is 103 Å². The number of fused-ring (bicyclic) bond motifs is 4. The zero-order valence-electron chi connectivity index (χ0n) is 24.8. The predicted octanol–water partition coefficient (Wildman–Crippen LogP) is 7.50. The molecule has 0 spiro atoms. The minimum Gasteiger partial charge on any atom is -0.488 e. The maximum Gasteiger partial charge on any atom is 0.127 e. The number of nitrogens with zero attached hydrogens (tertiary/aromatic N) is 2. The van der Waals surface area contributed by atoms with Crippen LogP contribution in [0.25, 0.3) is 5.57 Å². The van der Waals surface area contributed by atoms with Crippen molar-refractivity contribution >= 4 is 16.9 Å². The smallest absolute Gasteiger partial charge is 0.127 e. The van der Waals surface area contributed by atoms with Crippen LogP contribution in [0.5, 0.6) is 5.75 Å². The standard InChI is InChI=1S/C19H21NO.C18H22N2/c1-20(2)13-7-11-17-16-9-4-3-8-15(16)14-21-19-12-6-5-10-18(17)19;1-19-13-6-14-20-17-9-4-2-7-15(17)11-12-16-8-3-5-10-18(16)20/h3-6,8-12H,7,13-14H2,1-2H3;2-5,7-10,19H,6,11-14H2,1H3. The Labute approximate surface area is 246 Å². The molecule has 2 heterocycles. The SMILES string of the molecule is CN(C)CCC=C1c2ccccc2COc2ccccc21.CNCCCN1c2ccccc2CCc2ccccc21. The van der Waals surface area contributed by atoms with Gasteiger partial charge in [-0.2, -0.15) is 0 Å². The van der Waals surface area contributed by atoms with Crippen molar-refractivity contribution < 1.29 is 4.74 Å². The number of anilines is 2. The number of rotatable bonds is 7. The fraction of sp³-hybridized carbons (Fsp3) is 0.297. The van der Waals surface area contributed by atoms with Crippen molar-refractivity contribution in [2.75, 3.05) is 45.7 Å². The Bertz CT molecular complexity index is 1360. The van der Waals surface area contributed by atoms with Crippen molar-refractivity contribution in [3.63, 3.8) is 0 Å². The van der Waals surface area contributed by atoms with E-state index in [-0.39, 0.29) is 0 Å². The van der Waals surface area contributed by atoms with Crippen LogP contribution in [-0.2, 0) is 19.4 Å². The minimum atomic E-state index is 0.637. The molecule has 212 valence electrons. The van der Waals surface area contributed by atoms with E-state index in [1.54, 1.807) is 0 Å². The van der Waals surface area contributed by atoms with E-state index in [1.165, 1.54) is 44.8 Å². The Hall–Kier alpha value is -3.86. The maximum atomic E-state index is 5.98. The van der Waals surface area contributed by atoms with E-state index in [0.29, 0.717) is 6.61 Å². The predicted molar refractivity (Wildman–Crippen MR) is 173 cm³/mol. The highest BCUT2D eigenvalue weighted by Gasteiger charge is 2.20. The molecule has 0 saturated heterocycles. The van der Waals surface area contributed by atoms with E-state index in [2.05, 4.69) is 126 Å². The first kappa shape index (κ1) is 28.7. The molecular weight excluding hydrogens is 502 g/mol. The largest absolute Gasteiger partial charge is 0.488 e. The highest BCUT2D eigenvalue weighted by atomic mass is 16.5. The normalized spacial score (nSPS) is 14.4. The van der Waals surface area contributed by atoms with Gasteiger partial charge in [-0.15, -0.1) is 0 Å². The molecule has 41 heavy (non-hydrogen) atoms. The molecule has 4 nitrogen and oxygen atoms in total. The van der Waals surface area contributed by atoms with E-state index in [4.69, 9.17) is 4.74 Å². The van der Waals surface area contributed by atoms with Crippen LogP contribution >= 0.6 is 0 Å². The fourth-order valence-corrected chi connectivity index (χ4v) is 5.74. The Kier molecular flexibility index (Phi) is 9.90. The number of nitrogens with one attached hydrogen (secondary N) is 1. The summed E-state index contributed by atoms with van der Waals surface area (Å²) in [6.07, 6.45) is 6.79. The second kappa shape index (κ2) is 14.2. The summed E-state index contributed by atoms with van der Waals surface area (Å²) in [5.41, 5.74) is 10.7. The van der Waals surface area contributed by atoms with Gasteiger partial charge >= 0.3 is 0 Å². The average molecular weight is 546 g/mol. The molecule has 0 unspecified atom stereocenters. The molecule has 4 heteroatoms. The van der Waals surface area contributed by atoms with Crippen molar-refractivity contribution in [1.29, 1.82) is 0 Å². The van der Waals surface area contributed by atoms with Gasteiger partial charge in [0.1, 0.15) is 12.4 Å². The van der Waals surface area contributed by atoms with Gasteiger partial charge in [-0.3, -0.25) is 0 Å². The van der Waals surface area contributed by atoms with Crippen LogP contribution in [0.2, 0.25) is 0 Å². The number of hydrogen-bond donors (Lipinski definition) is 1. The topological polar surface area (TPSA) is 27.7 Å². The monoisotopic (exact) mass is 545 g/mol. The van der Waals surface area contributed by atoms with Crippen LogP contribution in [0.3, 0.4) is 0 Å². The van der Waals surface area contributed by atoms with E-state index in [9.17, 15) is 0 Å². The third-order valence-electron chi connectivity index (χ3n) is 7.83. The summed E-state index contributed by atoms with van der Waals surface area (Å²) >= 11 is 0. The molecule has 0 atom stereocenters. The molecular formula is C37H43N3O. The number of ether oxygens (including phenoxy) is 1. The van der Waals surface area contributed by atoms with E-state index in [0.717, 1.165) is 51.1 Å². The lowest BCUT2D eigenvalue weighted by Crippen LogP contribution is -2.22. The lowest BCUT2D eigenvalue weighted by molar-refractivity contribution is 0.307. The summed E-state index contributed by atoms with van der Waals surface area (Å²) in [6, 6.07) is 34.5. The van der Waals surface area contributed by atoms with Gasteiger partial charge in [0.05, 0.1) is 0 Å². The average Bonchev–Trinajstić information content (AvgIpc) is 3.26. The van der Waals surface area contributed by atoms with Crippen molar-refractivity contribution in [2.45, 2.75) is 32.3 Å². The second-order valence-electron chi connectivity index (χ2n) is 11.0. The van der Waals surface area contributed by atoms with Gasteiger partial charge in [0.25, 0.3) is 0 Å². The van der Waals surface area contributed by atoms with Crippen molar-refractivity contribution in [1.82, 2.24) is 10.2 Å². The highest BCUT2D eigenvalue weighted by Crippen LogP contribution is 2.37. The zero-order chi connectivity index (χ0) is 28.4. The minimum absolute atomic E-state index is 0.637. The van der Waals surface area contributed by atoms with E-state index < -0.39 is 0 Å². The van der Waals surface area contributed by atoms with Crippen LogP contribution in [0, 0.1) is 0 Å². The molecule has 4 aromatic rings. The fourth-order valence-electron chi connectivity index (χ4n) is 5.74. The van der Waals surface area contributed by atoms with Gasteiger partial charge < -0.3 is 19.9 Å². The molecule has 2 aliphatic heterocycles. The molecule has 6 rings (SSSR count). The zero-order valence-corrected chi connectivity index (χ0v) is 24.8. The van der Waals surface area contributed by atoms with Crippen LogP contribution in [0.1, 0.15) is 40.7 Å².